The Bertz CT molecular complexity index is 496. The third-order valence-electron chi connectivity index (χ3n) is 2.09. The van der Waals surface area contributed by atoms with Crippen LogP contribution in [0.1, 0.15) is 19.0 Å². The fourth-order valence-electron chi connectivity index (χ4n) is 1.44. The van der Waals surface area contributed by atoms with Crippen molar-refractivity contribution in [2.75, 3.05) is 5.73 Å². The van der Waals surface area contributed by atoms with Crippen LogP contribution in [-0.4, -0.2) is 9.97 Å². The molecule has 0 fully saturated rings. The molecule has 2 heterocycles. The summed E-state index contributed by atoms with van der Waals surface area (Å²) in [4.78, 5) is 9.80. The summed E-state index contributed by atoms with van der Waals surface area (Å²) >= 11 is 5.03. The molecule has 0 bridgehead atoms. The second-order valence-electron chi connectivity index (χ2n) is 3.49. The molecule has 0 aliphatic heterocycles. The Morgan fingerprint density at radius 1 is 1.38 bits per heavy atom. The van der Waals surface area contributed by atoms with Crippen LogP contribution >= 0.6 is 27.3 Å². The number of nitrogen functional groups attached to an aromatic ring is 1. The van der Waals surface area contributed by atoms with E-state index in [-0.39, 0.29) is 0 Å². The van der Waals surface area contributed by atoms with Crippen molar-refractivity contribution in [2.45, 2.75) is 19.8 Å². The van der Waals surface area contributed by atoms with Crippen molar-refractivity contribution in [2.24, 2.45) is 0 Å². The molecule has 0 amide bonds. The molecule has 0 saturated heterocycles. The van der Waals surface area contributed by atoms with Crippen LogP contribution in [0.15, 0.2) is 22.0 Å². The van der Waals surface area contributed by atoms with E-state index in [4.69, 9.17) is 5.73 Å². The van der Waals surface area contributed by atoms with Gasteiger partial charge in [0.25, 0.3) is 0 Å². The van der Waals surface area contributed by atoms with E-state index in [9.17, 15) is 0 Å². The van der Waals surface area contributed by atoms with Crippen LogP contribution in [0, 0.1) is 0 Å². The highest BCUT2D eigenvalue weighted by Gasteiger charge is 2.07. The summed E-state index contributed by atoms with van der Waals surface area (Å²) in [6.07, 6.45) is 2.00. The number of thiophene rings is 1. The highest BCUT2D eigenvalue weighted by molar-refractivity contribution is 9.10. The first-order chi connectivity index (χ1) is 7.69. The van der Waals surface area contributed by atoms with Crippen molar-refractivity contribution in [3.05, 3.63) is 27.7 Å². The van der Waals surface area contributed by atoms with Crippen LogP contribution in [0.25, 0.3) is 10.7 Å². The predicted octanol–water partition coefficient (Wildman–Crippen LogP) is 3.50. The fraction of sp³-hybridized carbons (Fsp3) is 0.273. The number of halogens is 1. The van der Waals surface area contributed by atoms with E-state index >= 15 is 0 Å². The van der Waals surface area contributed by atoms with Crippen LogP contribution in [-0.2, 0) is 6.42 Å². The molecule has 2 N–H and O–H groups in total. The summed E-state index contributed by atoms with van der Waals surface area (Å²) in [7, 11) is 0. The molecule has 2 aromatic rings. The second-order valence-corrected chi connectivity index (χ2v) is 5.31. The highest BCUT2D eigenvalue weighted by Crippen LogP contribution is 2.28. The number of nitrogens with zero attached hydrogens (tertiary/aromatic N) is 2. The molecule has 0 aromatic carbocycles. The summed E-state index contributed by atoms with van der Waals surface area (Å²) in [6.45, 7) is 2.12. The van der Waals surface area contributed by atoms with Crippen LogP contribution in [0.5, 0.6) is 0 Å². The minimum absolute atomic E-state index is 0.540. The fourth-order valence-corrected chi connectivity index (χ4v) is 2.80. The van der Waals surface area contributed by atoms with Crippen molar-refractivity contribution in [3.8, 4) is 10.7 Å². The predicted molar refractivity (Wildman–Crippen MR) is 71.5 cm³/mol. The van der Waals surface area contributed by atoms with Gasteiger partial charge in [-0.25, -0.2) is 9.97 Å². The molecule has 2 aromatic heterocycles. The lowest BCUT2D eigenvalue weighted by Crippen LogP contribution is -1.99. The largest absolute Gasteiger partial charge is 0.384 e. The molecule has 0 unspecified atom stereocenters. The van der Waals surface area contributed by atoms with Crippen LogP contribution in [0.3, 0.4) is 0 Å². The van der Waals surface area contributed by atoms with Crippen molar-refractivity contribution >= 4 is 33.1 Å². The van der Waals surface area contributed by atoms with Crippen molar-refractivity contribution in [3.63, 3.8) is 0 Å². The highest BCUT2D eigenvalue weighted by atomic mass is 79.9. The normalized spacial score (nSPS) is 10.6. The number of hydrogen-bond acceptors (Lipinski definition) is 4. The lowest BCUT2D eigenvalue weighted by atomic mass is 10.2. The van der Waals surface area contributed by atoms with Crippen molar-refractivity contribution in [1.29, 1.82) is 0 Å². The van der Waals surface area contributed by atoms with Crippen molar-refractivity contribution < 1.29 is 0 Å². The van der Waals surface area contributed by atoms with Gasteiger partial charge in [-0.3, -0.25) is 0 Å². The van der Waals surface area contributed by atoms with Gasteiger partial charge in [-0.1, -0.05) is 13.3 Å². The van der Waals surface area contributed by atoms with Gasteiger partial charge in [-0.2, -0.15) is 0 Å². The van der Waals surface area contributed by atoms with Gasteiger partial charge in [0, 0.05) is 21.6 Å². The van der Waals surface area contributed by atoms with Crippen LogP contribution in [0.4, 0.5) is 5.82 Å². The average Bonchev–Trinajstić information content (AvgIpc) is 2.64. The summed E-state index contributed by atoms with van der Waals surface area (Å²) in [5.74, 6) is 1.26. The van der Waals surface area contributed by atoms with E-state index in [1.807, 2.05) is 17.5 Å². The Hall–Kier alpha value is -0.940. The molecular weight excluding hydrogens is 286 g/mol. The molecule has 3 nitrogen and oxygen atoms in total. The lowest BCUT2D eigenvalue weighted by Gasteiger charge is -2.02. The number of aromatic nitrogens is 2. The summed E-state index contributed by atoms with van der Waals surface area (Å²) in [6, 6.07) is 3.85. The molecule has 16 heavy (non-hydrogen) atoms. The first-order valence-corrected chi connectivity index (χ1v) is 6.74. The molecule has 84 valence electrons. The third-order valence-corrected chi connectivity index (χ3v) is 3.78. The number of nitrogens with two attached hydrogens (primary N) is 1. The Kier molecular flexibility index (Phi) is 3.56. The molecule has 0 radical (unpaired) electrons. The number of hydrogen-bond donors (Lipinski definition) is 1. The Labute approximate surface area is 107 Å². The monoisotopic (exact) mass is 297 g/mol. The number of anilines is 1. The Balaban J connectivity index is 2.40. The zero-order valence-corrected chi connectivity index (χ0v) is 11.3. The Morgan fingerprint density at radius 3 is 2.81 bits per heavy atom. The third kappa shape index (κ3) is 2.59. The van der Waals surface area contributed by atoms with Gasteiger partial charge in [0.2, 0.25) is 0 Å². The van der Waals surface area contributed by atoms with Gasteiger partial charge in [0.1, 0.15) is 5.82 Å². The smallest absolute Gasteiger partial charge is 0.171 e. The van der Waals surface area contributed by atoms with E-state index in [0.717, 1.165) is 33.7 Å². The van der Waals surface area contributed by atoms with Crippen LogP contribution < -0.4 is 5.73 Å². The maximum absolute atomic E-state index is 5.78. The van der Waals surface area contributed by atoms with Gasteiger partial charge in [-0.15, -0.1) is 11.3 Å². The molecule has 0 saturated carbocycles. The molecule has 2 rings (SSSR count). The molecule has 0 aliphatic carbocycles. The lowest BCUT2D eigenvalue weighted by molar-refractivity contribution is 0.877. The topological polar surface area (TPSA) is 51.8 Å². The minimum Gasteiger partial charge on any atom is -0.384 e. The van der Waals surface area contributed by atoms with E-state index in [1.165, 1.54) is 0 Å². The summed E-state index contributed by atoms with van der Waals surface area (Å²) in [5, 5.41) is 2.02. The molecule has 0 spiro atoms. The SMILES string of the molecule is CCCc1cc(N)nc(-c2cc(Br)cs2)n1. The van der Waals surface area contributed by atoms with E-state index in [0.29, 0.717) is 5.82 Å². The molecule has 5 heteroatoms. The number of rotatable bonds is 3. The summed E-state index contributed by atoms with van der Waals surface area (Å²) in [5.41, 5.74) is 6.78. The van der Waals surface area contributed by atoms with E-state index in [2.05, 4.69) is 32.8 Å². The first-order valence-electron chi connectivity index (χ1n) is 5.07. The average molecular weight is 298 g/mol. The van der Waals surface area contributed by atoms with Crippen molar-refractivity contribution in [1.82, 2.24) is 9.97 Å². The maximum atomic E-state index is 5.78. The van der Waals surface area contributed by atoms with E-state index < -0.39 is 0 Å². The maximum Gasteiger partial charge on any atom is 0.171 e. The minimum atomic E-state index is 0.540. The second kappa shape index (κ2) is 4.93. The van der Waals surface area contributed by atoms with Crippen LogP contribution in [0.2, 0.25) is 0 Å². The van der Waals surface area contributed by atoms with Gasteiger partial charge in [-0.05, 0) is 28.4 Å². The molecule has 0 atom stereocenters. The summed E-state index contributed by atoms with van der Waals surface area (Å²) < 4.78 is 1.05. The number of aryl methyl sites for hydroxylation is 1. The molecule has 0 aliphatic rings. The van der Waals surface area contributed by atoms with Gasteiger partial charge < -0.3 is 5.73 Å². The molecular formula is C11H12BrN3S. The Morgan fingerprint density at radius 2 is 2.19 bits per heavy atom. The standard InChI is InChI=1S/C11H12BrN3S/c1-2-3-8-5-10(13)15-11(14-8)9-4-7(12)6-16-9/h4-6H,2-3H2,1H3,(H2,13,14,15). The van der Waals surface area contributed by atoms with Gasteiger partial charge in [0.15, 0.2) is 5.82 Å². The zero-order valence-electron chi connectivity index (χ0n) is 8.90. The van der Waals surface area contributed by atoms with Gasteiger partial charge in [0.05, 0.1) is 4.88 Å². The first kappa shape index (κ1) is 11.5. The van der Waals surface area contributed by atoms with Gasteiger partial charge >= 0.3 is 0 Å². The zero-order chi connectivity index (χ0) is 11.5. The quantitative estimate of drug-likeness (QED) is 0.943. The van der Waals surface area contributed by atoms with E-state index in [1.54, 1.807) is 11.3 Å².